The Kier molecular flexibility index (Phi) is 5.04. The highest BCUT2D eigenvalue weighted by Gasteiger charge is 2.19. The molecule has 3 aromatic rings. The number of fused-ring (bicyclic) bond motifs is 1. The van der Waals surface area contributed by atoms with Gasteiger partial charge in [-0.05, 0) is 24.6 Å². The third kappa shape index (κ3) is 3.45. The number of ether oxygens (including phenoxy) is 1. The zero-order valence-corrected chi connectivity index (χ0v) is 15.8. The van der Waals surface area contributed by atoms with Crippen molar-refractivity contribution in [2.45, 2.75) is 19.6 Å². The molecule has 0 radical (unpaired) electrons. The second kappa shape index (κ2) is 7.28. The van der Waals surface area contributed by atoms with E-state index in [1.165, 1.54) is 11.6 Å². The van der Waals surface area contributed by atoms with Crippen LogP contribution in [0.4, 0.5) is 5.95 Å². The van der Waals surface area contributed by atoms with Crippen molar-refractivity contribution < 1.29 is 9.84 Å². The van der Waals surface area contributed by atoms with E-state index in [0.29, 0.717) is 29.4 Å². The number of nitrogens with zero attached hydrogens (tertiary/aromatic N) is 4. The van der Waals surface area contributed by atoms with Crippen LogP contribution in [0.2, 0.25) is 0 Å². The molecule has 0 spiro atoms. The van der Waals surface area contributed by atoms with E-state index in [-0.39, 0.29) is 6.54 Å². The predicted molar refractivity (Wildman–Crippen MR) is 102 cm³/mol. The van der Waals surface area contributed by atoms with Crippen molar-refractivity contribution in [2.75, 3.05) is 19.0 Å². The SMILES string of the molecule is COc1cccc(Cn2c(NC[C@@H](C)O)nc3c2c(=O)n(C)c(=O)n3C)c1. The van der Waals surface area contributed by atoms with Crippen LogP contribution in [0.25, 0.3) is 11.2 Å². The molecule has 2 heterocycles. The molecule has 3 rings (SSSR count). The Morgan fingerprint density at radius 2 is 2.00 bits per heavy atom. The van der Waals surface area contributed by atoms with E-state index in [1.54, 1.807) is 25.6 Å². The summed E-state index contributed by atoms with van der Waals surface area (Å²) in [5.41, 5.74) is 0.647. The molecule has 27 heavy (non-hydrogen) atoms. The summed E-state index contributed by atoms with van der Waals surface area (Å²) in [5, 5.41) is 12.6. The van der Waals surface area contributed by atoms with Crippen molar-refractivity contribution in [2.24, 2.45) is 14.1 Å². The van der Waals surface area contributed by atoms with Crippen molar-refractivity contribution >= 4 is 17.1 Å². The van der Waals surface area contributed by atoms with Gasteiger partial charge >= 0.3 is 5.69 Å². The van der Waals surface area contributed by atoms with Crippen LogP contribution in [0.15, 0.2) is 33.9 Å². The van der Waals surface area contributed by atoms with Crippen LogP contribution < -0.4 is 21.3 Å². The maximum atomic E-state index is 12.8. The van der Waals surface area contributed by atoms with Gasteiger partial charge in [0.05, 0.1) is 19.8 Å². The van der Waals surface area contributed by atoms with E-state index in [0.717, 1.165) is 10.1 Å². The summed E-state index contributed by atoms with van der Waals surface area (Å²) >= 11 is 0. The molecule has 2 N–H and O–H groups in total. The van der Waals surface area contributed by atoms with Gasteiger partial charge in [-0.25, -0.2) is 4.79 Å². The van der Waals surface area contributed by atoms with Gasteiger partial charge in [-0.1, -0.05) is 12.1 Å². The molecule has 0 bridgehead atoms. The third-order valence-electron chi connectivity index (χ3n) is 4.38. The first-order valence-electron chi connectivity index (χ1n) is 8.54. The number of aliphatic hydroxyl groups excluding tert-OH is 1. The fourth-order valence-electron chi connectivity index (χ4n) is 2.93. The molecule has 0 amide bonds. The highest BCUT2D eigenvalue weighted by Crippen LogP contribution is 2.20. The summed E-state index contributed by atoms with van der Waals surface area (Å²) in [6, 6.07) is 7.49. The largest absolute Gasteiger partial charge is 0.497 e. The van der Waals surface area contributed by atoms with Gasteiger partial charge in [0, 0.05) is 20.6 Å². The van der Waals surface area contributed by atoms with Crippen molar-refractivity contribution in [1.29, 1.82) is 0 Å². The molecule has 0 saturated carbocycles. The van der Waals surface area contributed by atoms with Gasteiger partial charge in [-0.2, -0.15) is 4.98 Å². The molecular formula is C18H23N5O4. The maximum Gasteiger partial charge on any atom is 0.332 e. The molecule has 1 aromatic carbocycles. The minimum atomic E-state index is -0.596. The van der Waals surface area contributed by atoms with Crippen LogP contribution in [0.5, 0.6) is 5.75 Å². The fraction of sp³-hybridized carbons (Fsp3) is 0.389. The van der Waals surface area contributed by atoms with Gasteiger partial charge in [0.25, 0.3) is 5.56 Å². The molecule has 0 fully saturated rings. The molecular weight excluding hydrogens is 350 g/mol. The zero-order chi connectivity index (χ0) is 19.7. The van der Waals surface area contributed by atoms with Crippen LogP contribution in [0.3, 0.4) is 0 Å². The molecule has 0 aliphatic heterocycles. The van der Waals surface area contributed by atoms with Gasteiger partial charge < -0.3 is 15.2 Å². The van der Waals surface area contributed by atoms with E-state index >= 15 is 0 Å². The average molecular weight is 373 g/mol. The minimum Gasteiger partial charge on any atom is -0.497 e. The smallest absolute Gasteiger partial charge is 0.332 e. The summed E-state index contributed by atoms with van der Waals surface area (Å²) in [6.45, 7) is 2.26. The summed E-state index contributed by atoms with van der Waals surface area (Å²) < 4.78 is 9.38. The lowest BCUT2D eigenvalue weighted by molar-refractivity contribution is 0.208. The zero-order valence-electron chi connectivity index (χ0n) is 15.8. The first-order valence-corrected chi connectivity index (χ1v) is 8.54. The number of imidazole rings is 1. The second-order valence-corrected chi connectivity index (χ2v) is 6.48. The quantitative estimate of drug-likeness (QED) is 0.643. The van der Waals surface area contributed by atoms with Crippen molar-refractivity contribution in [3.63, 3.8) is 0 Å². The summed E-state index contributed by atoms with van der Waals surface area (Å²) in [4.78, 5) is 29.5. The van der Waals surface area contributed by atoms with Gasteiger partial charge in [0.1, 0.15) is 5.75 Å². The summed E-state index contributed by atoms with van der Waals surface area (Å²) in [5.74, 6) is 1.11. The lowest BCUT2D eigenvalue weighted by Crippen LogP contribution is -2.37. The number of anilines is 1. The Labute approximate surface area is 155 Å². The van der Waals surface area contributed by atoms with Crippen molar-refractivity contribution in [3.05, 3.63) is 50.7 Å². The molecule has 0 saturated heterocycles. The standard InChI is InChI=1S/C18H23N5O4/c1-11(24)9-19-17-20-15-14(16(25)22(3)18(26)21(15)2)23(17)10-12-6-5-7-13(8-12)27-4/h5-8,11,24H,9-10H2,1-4H3,(H,19,20)/t11-/m1/s1. The maximum absolute atomic E-state index is 12.8. The molecule has 2 aromatic heterocycles. The van der Waals surface area contributed by atoms with Crippen LogP contribution in [0, 0.1) is 0 Å². The Morgan fingerprint density at radius 3 is 2.67 bits per heavy atom. The Balaban J connectivity index is 2.21. The first kappa shape index (κ1) is 18.7. The number of benzene rings is 1. The van der Waals surface area contributed by atoms with Crippen LogP contribution in [-0.2, 0) is 20.6 Å². The Bertz CT molecular complexity index is 1090. The van der Waals surface area contributed by atoms with Gasteiger partial charge in [-0.15, -0.1) is 0 Å². The van der Waals surface area contributed by atoms with Crippen molar-refractivity contribution in [3.8, 4) is 5.75 Å². The first-order chi connectivity index (χ1) is 12.8. The molecule has 0 aliphatic carbocycles. The third-order valence-corrected chi connectivity index (χ3v) is 4.38. The number of aliphatic hydroxyl groups is 1. The minimum absolute atomic E-state index is 0.260. The number of aromatic nitrogens is 4. The molecule has 9 heteroatoms. The number of nitrogens with one attached hydrogen (secondary N) is 1. The molecule has 0 unspecified atom stereocenters. The van der Waals surface area contributed by atoms with E-state index in [9.17, 15) is 14.7 Å². The number of rotatable bonds is 6. The fourth-order valence-corrected chi connectivity index (χ4v) is 2.93. The highest BCUT2D eigenvalue weighted by molar-refractivity contribution is 5.74. The van der Waals surface area contributed by atoms with Crippen LogP contribution in [0.1, 0.15) is 12.5 Å². The number of methoxy groups -OCH3 is 1. The second-order valence-electron chi connectivity index (χ2n) is 6.48. The topological polar surface area (TPSA) is 103 Å². The van der Waals surface area contributed by atoms with Gasteiger partial charge in [0.2, 0.25) is 5.95 Å². The average Bonchev–Trinajstić information content (AvgIpc) is 3.01. The highest BCUT2D eigenvalue weighted by atomic mass is 16.5. The molecule has 9 nitrogen and oxygen atoms in total. The Morgan fingerprint density at radius 1 is 1.26 bits per heavy atom. The monoisotopic (exact) mass is 373 g/mol. The molecule has 144 valence electrons. The van der Waals surface area contributed by atoms with E-state index < -0.39 is 17.4 Å². The van der Waals surface area contributed by atoms with Crippen LogP contribution in [-0.4, -0.2) is 43.6 Å². The predicted octanol–water partition coefficient (Wildman–Crippen LogP) is 0.283. The number of hydrogen-bond donors (Lipinski definition) is 2. The summed E-state index contributed by atoms with van der Waals surface area (Å²) in [7, 11) is 4.61. The lowest BCUT2D eigenvalue weighted by Gasteiger charge is -2.12. The Hall–Kier alpha value is -3.07. The molecule has 0 aliphatic rings. The lowest BCUT2D eigenvalue weighted by atomic mass is 10.2. The number of aryl methyl sites for hydroxylation is 1. The summed E-state index contributed by atoms with van der Waals surface area (Å²) in [6.07, 6.45) is -0.596. The van der Waals surface area contributed by atoms with Crippen LogP contribution >= 0.6 is 0 Å². The van der Waals surface area contributed by atoms with E-state index in [4.69, 9.17) is 4.74 Å². The van der Waals surface area contributed by atoms with E-state index in [1.807, 2.05) is 24.3 Å². The molecule has 1 atom stereocenters. The van der Waals surface area contributed by atoms with Gasteiger partial charge in [-0.3, -0.25) is 18.5 Å². The normalized spacial score (nSPS) is 12.3. The number of hydrogen-bond acceptors (Lipinski definition) is 6. The van der Waals surface area contributed by atoms with Gasteiger partial charge in [0.15, 0.2) is 11.2 Å². The van der Waals surface area contributed by atoms with Crippen molar-refractivity contribution in [1.82, 2.24) is 18.7 Å². The van der Waals surface area contributed by atoms with E-state index in [2.05, 4.69) is 10.3 Å².